The largest absolute Gasteiger partial charge is 0.284 e. The van der Waals surface area contributed by atoms with Crippen molar-refractivity contribution in [2.45, 2.75) is 0 Å². The molecule has 0 aromatic carbocycles. The maximum absolute atomic E-state index is 12.3. The van der Waals surface area contributed by atoms with Crippen molar-refractivity contribution in [3.8, 4) is 0 Å². The van der Waals surface area contributed by atoms with Gasteiger partial charge in [0.25, 0.3) is 11.1 Å². The minimum Gasteiger partial charge on any atom is -0.266 e. The second kappa shape index (κ2) is 4.09. The summed E-state index contributed by atoms with van der Waals surface area (Å²) < 4.78 is 3.52. The molecule has 18 heavy (non-hydrogen) atoms. The van der Waals surface area contributed by atoms with Gasteiger partial charge in [-0.2, -0.15) is 0 Å². The molecule has 0 fully saturated rings. The van der Waals surface area contributed by atoms with E-state index < -0.39 is 0 Å². The second-order valence-electron chi connectivity index (χ2n) is 3.32. The van der Waals surface area contributed by atoms with Gasteiger partial charge in [-0.15, -0.1) is 0 Å². The Morgan fingerprint density at radius 3 is 1.39 bits per heavy atom. The molecule has 0 amide bonds. The molecule has 0 unspecified atom stereocenters. The molecule has 10 heteroatoms. The molecule has 92 valence electrons. The second-order valence-corrected chi connectivity index (χ2v) is 6.24. The van der Waals surface area contributed by atoms with Gasteiger partial charge >= 0.3 is 0 Å². The molecule has 0 atom stereocenters. The number of halogens is 4. The average molecular weight is 504 g/mol. The predicted molar refractivity (Wildman–Crippen MR) is 78.5 cm³/mol. The average Bonchev–Trinajstić information content (AvgIpc) is 2.73. The van der Waals surface area contributed by atoms with Crippen molar-refractivity contribution in [3.05, 3.63) is 39.4 Å². The third-order valence-corrected chi connectivity index (χ3v) is 4.57. The number of nitrogens with zero attached hydrogens (tertiary/aromatic N) is 4. The highest BCUT2D eigenvalue weighted by atomic mass is 79.9. The van der Waals surface area contributed by atoms with Gasteiger partial charge in [0.1, 0.15) is 9.21 Å². The molecule has 0 aliphatic heterocycles. The number of imidazole rings is 2. The van der Waals surface area contributed by atoms with Crippen LogP contribution in [0, 0.1) is 0 Å². The molecule has 6 nitrogen and oxygen atoms in total. The van der Waals surface area contributed by atoms with Gasteiger partial charge in [0.05, 0.1) is 0 Å². The third kappa shape index (κ3) is 1.49. The fourth-order valence-electron chi connectivity index (χ4n) is 1.69. The lowest BCUT2D eigenvalue weighted by molar-refractivity contribution is 0.976. The molecule has 3 aromatic heterocycles. The van der Waals surface area contributed by atoms with E-state index in [-0.39, 0.29) is 31.6 Å². The first-order valence-electron chi connectivity index (χ1n) is 4.40. The summed E-state index contributed by atoms with van der Waals surface area (Å²) in [4.78, 5) is 32.7. The SMILES string of the molecule is O=c1c2c(Br)nc(Br)n2c(=O)c2c(Br)nc(Br)n12. The highest BCUT2D eigenvalue weighted by Crippen LogP contribution is 2.22. The molecule has 0 aliphatic carbocycles. The topological polar surface area (TPSA) is 68.7 Å². The standard InChI is InChI=1S/C8Br4N4O2/c9-3-1-5(17)16-2(4(10)14-8(16)12)6(18)15(1)7(11)13-3. The molecular formula is C8Br4N4O2. The highest BCUT2D eigenvalue weighted by molar-refractivity contribution is 9.11. The molecule has 0 saturated heterocycles. The number of hydrogen-bond acceptors (Lipinski definition) is 4. The first-order valence-corrected chi connectivity index (χ1v) is 7.57. The molecule has 0 N–H and O–H groups in total. The van der Waals surface area contributed by atoms with Crippen molar-refractivity contribution in [2.75, 3.05) is 0 Å². The lowest BCUT2D eigenvalue weighted by atomic mass is 10.5. The number of rotatable bonds is 0. The van der Waals surface area contributed by atoms with Crippen LogP contribution in [0.25, 0.3) is 11.0 Å². The van der Waals surface area contributed by atoms with Crippen LogP contribution in [0.1, 0.15) is 0 Å². The van der Waals surface area contributed by atoms with Gasteiger partial charge in [-0.05, 0) is 63.7 Å². The van der Waals surface area contributed by atoms with E-state index in [1.807, 2.05) is 0 Å². The van der Waals surface area contributed by atoms with Crippen molar-refractivity contribution in [3.63, 3.8) is 0 Å². The lowest BCUT2D eigenvalue weighted by Crippen LogP contribution is -2.26. The highest BCUT2D eigenvalue weighted by Gasteiger charge is 2.21. The van der Waals surface area contributed by atoms with Crippen molar-refractivity contribution < 1.29 is 0 Å². The van der Waals surface area contributed by atoms with Crippen LogP contribution in [0.5, 0.6) is 0 Å². The maximum atomic E-state index is 12.3. The third-order valence-electron chi connectivity index (χ3n) is 2.40. The first kappa shape index (κ1) is 12.7. The van der Waals surface area contributed by atoms with Crippen LogP contribution in [-0.2, 0) is 0 Å². The Morgan fingerprint density at radius 2 is 1.06 bits per heavy atom. The van der Waals surface area contributed by atoms with Crippen LogP contribution in [0.3, 0.4) is 0 Å². The molecule has 0 bridgehead atoms. The Labute approximate surface area is 132 Å². The summed E-state index contributed by atoms with van der Waals surface area (Å²) in [7, 11) is 0. The van der Waals surface area contributed by atoms with E-state index in [0.717, 1.165) is 0 Å². The molecule has 3 heterocycles. The monoisotopic (exact) mass is 500 g/mol. The van der Waals surface area contributed by atoms with Gasteiger partial charge in [-0.1, -0.05) is 0 Å². The van der Waals surface area contributed by atoms with E-state index in [9.17, 15) is 9.59 Å². The number of fused-ring (bicyclic) bond motifs is 2. The fraction of sp³-hybridized carbons (Fsp3) is 0. The summed E-state index contributed by atoms with van der Waals surface area (Å²) in [6.07, 6.45) is 0. The van der Waals surface area contributed by atoms with Crippen molar-refractivity contribution in [2.24, 2.45) is 0 Å². The van der Waals surface area contributed by atoms with Gasteiger partial charge in [0.15, 0.2) is 20.5 Å². The molecule has 0 radical (unpaired) electrons. The van der Waals surface area contributed by atoms with Gasteiger partial charge < -0.3 is 0 Å². The minimum absolute atomic E-state index is 0.157. The Bertz CT molecular complexity index is 775. The summed E-state index contributed by atoms with van der Waals surface area (Å²) in [5.41, 5.74) is -0.463. The zero-order chi connectivity index (χ0) is 13.2. The van der Waals surface area contributed by atoms with E-state index >= 15 is 0 Å². The molecular weight excluding hydrogens is 504 g/mol. The van der Waals surface area contributed by atoms with E-state index in [2.05, 4.69) is 73.7 Å². The quantitative estimate of drug-likeness (QED) is 0.472. The number of aromatic nitrogens is 4. The fourth-order valence-corrected chi connectivity index (χ4v) is 4.22. The van der Waals surface area contributed by atoms with Crippen molar-refractivity contribution in [1.29, 1.82) is 0 Å². The van der Waals surface area contributed by atoms with Gasteiger partial charge in [0, 0.05) is 0 Å². The molecule has 0 spiro atoms. The van der Waals surface area contributed by atoms with Crippen LogP contribution in [-0.4, -0.2) is 18.8 Å². The molecule has 3 aromatic rings. The Balaban J connectivity index is 2.84. The maximum Gasteiger partial charge on any atom is 0.284 e. The van der Waals surface area contributed by atoms with Crippen LogP contribution >= 0.6 is 63.7 Å². The van der Waals surface area contributed by atoms with Gasteiger partial charge in [0.2, 0.25) is 0 Å². The van der Waals surface area contributed by atoms with Crippen molar-refractivity contribution in [1.82, 2.24) is 18.8 Å². The van der Waals surface area contributed by atoms with E-state index in [4.69, 9.17) is 0 Å². The summed E-state index contributed by atoms with van der Waals surface area (Å²) >= 11 is 12.6. The Morgan fingerprint density at radius 1 is 0.722 bits per heavy atom. The van der Waals surface area contributed by atoms with E-state index in [1.54, 1.807) is 0 Å². The van der Waals surface area contributed by atoms with Crippen LogP contribution < -0.4 is 11.1 Å². The molecule has 0 saturated carbocycles. The zero-order valence-corrected chi connectivity index (χ0v) is 14.5. The van der Waals surface area contributed by atoms with Crippen LogP contribution in [0.4, 0.5) is 0 Å². The molecule has 0 aliphatic rings. The smallest absolute Gasteiger partial charge is 0.266 e. The minimum atomic E-state index is -0.389. The molecule has 3 rings (SSSR count). The Kier molecular flexibility index (Phi) is 2.88. The lowest BCUT2D eigenvalue weighted by Gasteiger charge is -1.97. The van der Waals surface area contributed by atoms with Gasteiger partial charge in [-0.25, -0.2) is 18.8 Å². The summed E-state index contributed by atoms with van der Waals surface area (Å²) in [6, 6.07) is 0. The van der Waals surface area contributed by atoms with Crippen LogP contribution in [0.15, 0.2) is 28.3 Å². The summed E-state index contributed by atoms with van der Waals surface area (Å²) in [5, 5.41) is 0. The van der Waals surface area contributed by atoms with E-state index in [1.165, 1.54) is 8.80 Å². The van der Waals surface area contributed by atoms with Crippen LogP contribution in [0.2, 0.25) is 0 Å². The van der Waals surface area contributed by atoms with Crippen molar-refractivity contribution >= 4 is 74.8 Å². The van der Waals surface area contributed by atoms with E-state index in [0.29, 0.717) is 9.21 Å². The van der Waals surface area contributed by atoms with Gasteiger partial charge in [-0.3, -0.25) is 9.59 Å². The summed E-state index contributed by atoms with van der Waals surface area (Å²) in [5.74, 6) is 0. The zero-order valence-electron chi connectivity index (χ0n) is 8.12. The summed E-state index contributed by atoms with van der Waals surface area (Å²) in [6.45, 7) is 0. The normalized spacial score (nSPS) is 11.8. The number of hydrogen-bond donors (Lipinski definition) is 0. The Hall–Kier alpha value is -0.320. The predicted octanol–water partition coefficient (Wildman–Crippen LogP) is 2.19. The first-order chi connectivity index (χ1) is 8.43.